The first-order valence-corrected chi connectivity index (χ1v) is 7.97. The summed E-state index contributed by atoms with van der Waals surface area (Å²) in [6.45, 7) is 9.22. The van der Waals surface area contributed by atoms with E-state index < -0.39 is 0 Å². The van der Waals surface area contributed by atoms with Crippen molar-refractivity contribution in [1.29, 1.82) is 0 Å². The molecule has 0 fully saturated rings. The van der Waals surface area contributed by atoms with E-state index in [1.807, 2.05) is 0 Å². The van der Waals surface area contributed by atoms with Crippen LogP contribution in [0.5, 0.6) is 0 Å². The van der Waals surface area contributed by atoms with Crippen molar-refractivity contribution in [3.63, 3.8) is 0 Å². The van der Waals surface area contributed by atoms with Crippen molar-refractivity contribution in [3.05, 3.63) is 64.7 Å². The summed E-state index contributed by atoms with van der Waals surface area (Å²) in [5.74, 6) is 1.20. The van der Waals surface area contributed by atoms with Crippen LogP contribution in [0.4, 0.5) is 0 Å². The van der Waals surface area contributed by atoms with E-state index in [4.69, 9.17) is 0 Å². The molecule has 0 saturated heterocycles. The molecule has 1 heterocycles. The molecule has 3 rings (SSSR count). The lowest BCUT2D eigenvalue weighted by atomic mass is 10.0. The molecule has 3 aromatic rings. The second-order valence-corrected chi connectivity index (χ2v) is 6.35. The van der Waals surface area contributed by atoms with Crippen LogP contribution in [0.2, 0.25) is 0 Å². The average Bonchev–Trinajstić information content (AvgIpc) is 2.99. The largest absolute Gasteiger partial charge is 0.204 e. The molecule has 0 aliphatic rings. The predicted octanol–water partition coefficient (Wildman–Crippen LogP) is 4.13. The van der Waals surface area contributed by atoms with E-state index in [1.54, 1.807) is 4.80 Å². The van der Waals surface area contributed by atoms with Crippen LogP contribution < -0.4 is 0 Å². The smallest absolute Gasteiger partial charge is 0.159 e. The van der Waals surface area contributed by atoms with Gasteiger partial charge < -0.3 is 0 Å². The fraction of sp³-hybridized carbons (Fsp3) is 0.316. The minimum Gasteiger partial charge on any atom is -0.159 e. The maximum absolute atomic E-state index is 4.52. The fourth-order valence-electron chi connectivity index (χ4n) is 2.57. The number of benzene rings is 2. The van der Waals surface area contributed by atoms with Gasteiger partial charge in [-0.3, -0.25) is 0 Å². The Morgan fingerprint density at radius 1 is 1.00 bits per heavy atom. The van der Waals surface area contributed by atoms with E-state index >= 15 is 0 Å². The fourth-order valence-corrected chi connectivity index (χ4v) is 2.57. The van der Waals surface area contributed by atoms with Gasteiger partial charge in [0.1, 0.15) is 0 Å². The molecule has 1 aromatic heterocycles. The van der Waals surface area contributed by atoms with Gasteiger partial charge in [0.05, 0.1) is 6.54 Å². The minimum absolute atomic E-state index is 0.525. The van der Waals surface area contributed by atoms with Gasteiger partial charge in [-0.05, 0) is 41.7 Å². The van der Waals surface area contributed by atoms with Crippen LogP contribution in [0.25, 0.3) is 11.4 Å². The monoisotopic (exact) mass is 306 g/mol. The van der Waals surface area contributed by atoms with Crippen LogP contribution in [0.15, 0.2) is 42.5 Å². The zero-order chi connectivity index (χ0) is 16.4. The van der Waals surface area contributed by atoms with Crippen molar-refractivity contribution >= 4 is 0 Å². The summed E-state index contributed by atoms with van der Waals surface area (Å²) >= 11 is 0. The van der Waals surface area contributed by atoms with Gasteiger partial charge in [-0.2, -0.15) is 4.80 Å². The summed E-state index contributed by atoms with van der Waals surface area (Å²) in [6, 6.07) is 14.8. The number of aryl methyl sites for hydroxylation is 2. The molecule has 0 saturated carbocycles. The van der Waals surface area contributed by atoms with Crippen molar-refractivity contribution in [1.82, 2.24) is 20.2 Å². The van der Waals surface area contributed by atoms with Gasteiger partial charge in [-0.15, -0.1) is 10.2 Å². The number of aromatic nitrogens is 4. The summed E-state index contributed by atoms with van der Waals surface area (Å²) < 4.78 is 0. The highest BCUT2D eigenvalue weighted by Crippen LogP contribution is 2.19. The molecule has 0 radical (unpaired) electrons. The number of tetrazole rings is 1. The van der Waals surface area contributed by atoms with Crippen molar-refractivity contribution in [2.75, 3.05) is 0 Å². The second kappa shape index (κ2) is 6.32. The lowest BCUT2D eigenvalue weighted by Crippen LogP contribution is -2.05. The zero-order valence-corrected chi connectivity index (χ0v) is 14.1. The Balaban J connectivity index is 1.81. The standard InChI is InChI=1S/C19H22N4/c1-13(2)16-7-9-17(10-8-16)19-20-22-23(21-19)12-18-11-14(3)5-6-15(18)4/h5-11,13H,12H2,1-4H3. The molecule has 0 bridgehead atoms. The first-order chi connectivity index (χ1) is 11.0. The Morgan fingerprint density at radius 2 is 1.74 bits per heavy atom. The van der Waals surface area contributed by atoms with Crippen LogP contribution in [0.1, 0.15) is 42.0 Å². The quantitative estimate of drug-likeness (QED) is 0.728. The van der Waals surface area contributed by atoms with Crippen molar-refractivity contribution in [2.24, 2.45) is 0 Å². The van der Waals surface area contributed by atoms with E-state index in [2.05, 4.69) is 85.6 Å². The van der Waals surface area contributed by atoms with Crippen molar-refractivity contribution < 1.29 is 0 Å². The Hall–Kier alpha value is -2.49. The third-order valence-electron chi connectivity index (χ3n) is 4.10. The van der Waals surface area contributed by atoms with Crippen LogP contribution in [-0.4, -0.2) is 20.2 Å². The van der Waals surface area contributed by atoms with E-state index in [9.17, 15) is 0 Å². The molecule has 0 aliphatic carbocycles. The summed E-state index contributed by atoms with van der Waals surface area (Å²) in [7, 11) is 0. The Kier molecular flexibility index (Phi) is 4.24. The van der Waals surface area contributed by atoms with Gasteiger partial charge >= 0.3 is 0 Å². The maximum atomic E-state index is 4.52. The van der Waals surface area contributed by atoms with Crippen LogP contribution in [-0.2, 0) is 6.54 Å². The van der Waals surface area contributed by atoms with Crippen LogP contribution >= 0.6 is 0 Å². The highest BCUT2D eigenvalue weighted by atomic mass is 15.6. The third-order valence-corrected chi connectivity index (χ3v) is 4.10. The van der Waals surface area contributed by atoms with Gasteiger partial charge in [0, 0.05) is 5.56 Å². The number of hydrogen-bond donors (Lipinski definition) is 0. The summed E-state index contributed by atoms with van der Waals surface area (Å²) in [6.07, 6.45) is 0. The first-order valence-electron chi connectivity index (χ1n) is 7.97. The van der Waals surface area contributed by atoms with Gasteiger partial charge in [0.15, 0.2) is 0 Å². The molecule has 4 heteroatoms. The van der Waals surface area contributed by atoms with Crippen LogP contribution in [0, 0.1) is 13.8 Å². The Bertz CT molecular complexity index is 800. The number of nitrogens with zero attached hydrogens (tertiary/aromatic N) is 4. The highest BCUT2D eigenvalue weighted by molar-refractivity contribution is 5.54. The number of hydrogen-bond acceptors (Lipinski definition) is 3. The molecular formula is C19H22N4. The molecule has 0 aliphatic heterocycles. The maximum Gasteiger partial charge on any atom is 0.204 e. The predicted molar refractivity (Wildman–Crippen MR) is 92.4 cm³/mol. The summed E-state index contributed by atoms with van der Waals surface area (Å²) in [5.41, 5.74) is 6.04. The highest BCUT2D eigenvalue weighted by Gasteiger charge is 2.08. The molecule has 0 spiro atoms. The SMILES string of the molecule is Cc1ccc(C)c(Cn2nnc(-c3ccc(C(C)C)cc3)n2)c1. The first kappa shape index (κ1) is 15.4. The molecule has 0 atom stereocenters. The topological polar surface area (TPSA) is 43.6 Å². The second-order valence-electron chi connectivity index (χ2n) is 6.35. The molecular weight excluding hydrogens is 284 g/mol. The zero-order valence-electron chi connectivity index (χ0n) is 14.1. The average molecular weight is 306 g/mol. The Labute approximate surface area is 137 Å². The van der Waals surface area contributed by atoms with Crippen LogP contribution in [0.3, 0.4) is 0 Å². The normalized spacial score (nSPS) is 11.2. The van der Waals surface area contributed by atoms with Crippen molar-refractivity contribution in [2.45, 2.75) is 40.2 Å². The van der Waals surface area contributed by atoms with Crippen molar-refractivity contribution in [3.8, 4) is 11.4 Å². The lowest BCUT2D eigenvalue weighted by molar-refractivity contribution is 0.571. The molecule has 0 amide bonds. The summed E-state index contributed by atoms with van der Waals surface area (Å²) in [4.78, 5) is 1.66. The molecule has 0 unspecified atom stereocenters. The number of rotatable bonds is 4. The van der Waals surface area contributed by atoms with Gasteiger partial charge in [0.25, 0.3) is 0 Å². The van der Waals surface area contributed by atoms with Gasteiger partial charge in [0.2, 0.25) is 5.82 Å². The lowest BCUT2D eigenvalue weighted by Gasteiger charge is -2.06. The third kappa shape index (κ3) is 3.47. The van der Waals surface area contributed by atoms with E-state index in [0.29, 0.717) is 18.3 Å². The Morgan fingerprint density at radius 3 is 2.43 bits per heavy atom. The van der Waals surface area contributed by atoms with E-state index in [0.717, 1.165) is 5.56 Å². The van der Waals surface area contributed by atoms with E-state index in [-0.39, 0.29) is 0 Å². The van der Waals surface area contributed by atoms with E-state index in [1.165, 1.54) is 22.3 Å². The molecule has 0 N–H and O–H groups in total. The van der Waals surface area contributed by atoms with Gasteiger partial charge in [-0.25, -0.2) is 0 Å². The molecule has 23 heavy (non-hydrogen) atoms. The molecule has 118 valence electrons. The molecule has 2 aromatic carbocycles. The van der Waals surface area contributed by atoms with Gasteiger partial charge in [-0.1, -0.05) is 61.9 Å². The minimum atomic E-state index is 0.525. The summed E-state index contributed by atoms with van der Waals surface area (Å²) in [5, 5.41) is 12.9. The molecule has 4 nitrogen and oxygen atoms in total.